The fourth-order valence-corrected chi connectivity index (χ4v) is 5.35. The second-order valence-corrected chi connectivity index (χ2v) is 11.6. The molecule has 14 heavy (non-hydrogen) atoms. The van der Waals surface area contributed by atoms with Crippen LogP contribution < -0.4 is 0 Å². The Morgan fingerprint density at radius 2 is 2.00 bits per heavy atom. The van der Waals surface area contributed by atoms with Gasteiger partial charge < -0.3 is 4.57 Å². The molecule has 0 aromatic heterocycles. The van der Waals surface area contributed by atoms with E-state index in [0.717, 1.165) is 10.8 Å². The van der Waals surface area contributed by atoms with Gasteiger partial charge in [-0.05, 0) is 5.04 Å². The zero-order valence-electron chi connectivity index (χ0n) is 9.72. The molecule has 1 saturated heterocycles. The molecule has 0 spiro atoms. The first-order chi connectivity index (χ1) is 6.21. The van der Waals surface area contributed by atoms with E-state index >= 15 is 0 Å². The van der Waals surface area contributed by atoms with E-state index in [4.69, 9.17) is 0 Å². The molecule has 1 amide bonds. The van der Waals surface area contributed by atoms with Crippen molar-refractivity contribution in [2.45, 2.75) is 51.4 Å². The molecule has 1 atom stereocenters. The minimum absolute atomic E-state index is 0.271. The maximum Gasteiger partial charge on any atom is 0.217 e. The summed E-state index contributed by atoms with van der Waals surface area (Å²) in [6, 6.07) is 0.518. The third-order valence-electron chi connectivity index (χ3n) is 3.66. The van der Waals surface area contributed by atoms with Crippen LogP contribution in [0.25, 0.3) is 0 Å². The summed E-state index contributed by atoms with van der Waals surface area (Å²) in [7, 11) is -1.59. The van der Waals surface area contributed by atoms with Crippen molar-refractivity contribution in [1.29, 1.82) is 0 Å². The zero-order valence-corrected chi connectivity index (χ0v) is 12.9. The Morgan fingerprint density at radius 3 is 2.29 bits per heavy atom. The van der Waals surface area contributed by atoms with Crippen molar-refractivity contribution < 1.29 is 4.79 Å². The van der Waals surface area contributed by atoms with Gasteiger partial charge in [0.05, 0.1) is 0 Å². The molecule has 0 aromatic carbocycles. The predicted molar refractivity (Wildman–Crippen MR) is 71.3 cm³/mol. The highest BCUT2D eigenvalue weighted by molar-refractivity contribution is 14.1. The minimum Gasteiger partial charge on any atom is -0.365 e. The van der Waals surface area contributed by atoms with E-state index < -0.39 is 8.24 Å². The molecule has 0 aliphatic carbocycles. The van der Waals surface area contributed by atoms with Gasteiger partial charge in [-0.1, -0.05) is 56.5 Å². The van der Waals surface area contributed by atoms with E-state index in [1.165, 1.54) is 0 Å². The molecule has 0 N–H and O–H groups in total. The fraction of sp³-hybridized carbons (Fsp3) is 0.900. The number of hydrogen-bond acceptors (Lipinski definition) is 1. The lowest BCUT2D eigenvalue weighted by molar-refractivity contribution is -0.137. The van der Waals surface area contributed by atoms with E-state index in [1.807, 2.05) is 0 Å². The quantitative estimate of drug-likeness (QED) is 0.331. The van der Waals surface area contributed by atoms with Gasteiger partial charge in [0.15, 0.2) is 8.24 Å². The Hall–Kier alpha value is 0.417. The summed E-state index contributed by atoms with van der Waals surface area (Å²) >= 11 is 2.39. The number of carbonyl (C=O) groups excluding carboxylic acids is 1. The lowest BCUT2D eigenvalue weighted by Gasteiger charge is -2.54. The molecule has 0 aromatic rings. The van der Waals surface area contributed by atoms with Crippen LogP contribution in [-0.4, -0.2) is 29.2 Å². The second-order valence-electron chi connectivity index (χ2n) is 5.59. The number of rotatable bonds is 2. The third kappa shape index (κ3) is 1.87. The van der Waals surface area contributed by atoms with Crippen molar-refractivity contribution in [3.8, 4) is 0 Å². The molecule has 2 nitrogen and oxygen atoms in total. The number of halogens is 1. The number of β-lactam (4-membered cyclic amide) rings is 1. The van der Waals surface area contributed by atoms with Crippen LogP contribution in [0.1, 0.15) is 27.2 Å². The van der Waals surface area contributed by atoms with Crippen LogP contribution in [0.5, 0.6) is 0 Å². The van der Waals surface area contributed by atoms with Gasteiger partial charge in [0.25, 0.3) is 0 Å². The van der Waals surface area contributed by atoms with Crippen molar-refractivity contribution in [2.75, 3.05) is 4.43 Å². The number of alkyl halides is 1. The molecule has 1 rings (SSSR count). The van der Waals surface area contributed by atoms with Gasteiger partial charge in [-0.2, -0.15) is 0 Å². The monoisotopic (exact) mass is 325 g/mol. The lowest BCUT2D eigenvalue weighted by Crippen LogP contribution is -2.68. The Morgan fingerprint density at radius 1 is 1.50 bits per heavy atom. The van der Waals surface area contributed by atoms with Crippen LogP contribution in [0.2, 0.25) is 18.1 Å². The fourth-order valence-electron chi connectivity index (χ4n) is 1.74. The summed E-state index contributed by atoms with van der Waals surface area (Å²) in [6.45, 7) is 11.4. The Bertz CT molecular complexity index is 247. The smallest absolute Gasteiger partial charge is 0.217 e. The number of hydrogen-bond donors (Lipinski definition) is 0. The van der Waals surface area contributed by atoms with Gasteiger partial charge in [-0.25, -0.2) is 0 Å². The first-order valence-electron chi connectivity index (χ1n) is 5.10. The highest BCUT2D eigenvalue weighted by Crippen LogP contribution is 2.43. The largest absolute Gasteiger partial charge is 0.365 e. The summed E-state index contributed by atoms with van der Waals surface area (Å²) in [5.74, 6) is 0.373. The van der Waals surface area contributed by atoms with E-state index in [9.17, 15) is 4.79 Å². The molecule has 0 unspecified atom stereocenters. The Balaban J connectivity index is 2.86. The number of amides is 1. The van der Waals surface area contributed by atoms with Gasteiger partial charge in [-0.3, -0.25) is 4.79 Å². The van der Waals surface area contributed by atoms with Gasteiger partial charge >= 0.3 is 0 Å². The summed E-state index contributed by atoms with van der Waals surface area (Å²) < 4.78 is 3.29. The molecule has 82 valence electrons. The number of nitrogens with zero attached hydrogens (tertiary/aromatic N) is 1. The highest BCUT2D eigenvalue weighted by atomic mass is 127. The van der Waals surface area contributed by atoms with Crippen molar-refractivity contribution in [3.05, 3.63) is 0 Å². The van der Waals surface area contributed by atoms with Gasteiger partial charge in [0, 0.05) is 16.9 Å². The molecule has 0 radical (unpaired) electrons. The molecule has 4 heteroatoms. The van der Waals surface area contributed by atoms with Crippen molar-refractivity contribution >= 4 is 36.7 Å². The summed E-state index contributed by atoms with van der Waals surface area (Å²) in [5, 5.41) is 0.271. The molecule has 0 saturated carbocycles. The van der Waals surface area contributed by atoms with Crippen LogP contribution >= 0.6 is 22.6 Å². The maximum atomic E-state index is 11.7. The second kappa shape index (κ2) is 3.77. The molecule has 1 heterocycles. The van der Waals surface area contributed by atoms with Gasteiger partial charge in [0.2, 0.25) is 5.91 Å². The van der Waals surface area contributed by atoms with Crippen LogP contribution in [-0.2, 0) is 4.79 Å². The normalized spacial score (nSPS) is 23.7. The van der Waals surface area contributed by atoms with Crippen LogP contribution in [0, 0.1) is 0 Å². The standard InChI is InChI=1S/C10H20INOSi/c1-10(2,3)14(4,5)12-8(7-11)6-9(12)13/h8H,6-7H2,1-5H3/t8-/m1/s1. The molecule has 1 aliphatic heterocycles. The van der Waals surface area contributed by atoms with Crippen LogP contribution in [0.3, 0.4) is 0 Å². The SMILES string of the molecule is CC(C)(C)[Si](C)(C)N1C(=O)C[C@@H]1CI. The first kappa shape index (κ1) is 12.5. The summed E-state index contributed by atoms with van der Waals surface area (Å²) in [6.07, 6.45) is 0.773. The maximum absolute atomic E-state index is 11.7. The molecule has 1 fully saturated rings. The summed E-state index contributed by atoms with van der Waals surface area (Å²) in [4.78, 5) is 11.7. The van der Waals surface area contributed by atoms with Crippen LogP contribution in [0.15, 0.2) is 0 Å². The third-order valence-corrected chi connectivity index (χ3v) is 10.2. The highest BCUT2D eigenvalue weighted by Gasteiger charge is 2.51. The van der Waals surface area contributed by atoms with Crippen molar-refractivity contribution in [1.82, 2.24) is 4.57 Å². The molecular formula is C10H20INOSi. The minimum atomic E-state index is -1.59. The average molecular weight is 325 g/mol. The predicted octanol–water partition coefficient (Wildman–Crippen LogP) is 3.03. The molecule has 0 bridgehead atoms. The Kier molecular flexibility index (Phi) is 3.36. The van der Waals surface area contributed by atoms with Gasteiger partial charge in [-0.15, -0.1) is 0 Å². The lowest BCUT2D eigenvalue weighted by atomic mass is 10.1. The topological polar surface area (TPSA) is 20.3 Å². The number of carbonyl (C=O) groups is 1. The Labute approximate surface area is 102 Å². The van der Waals surface area contributed by atoms with E-state index in [-0.39, 0.29) is 5.04 Å². The first-order valence-corrected chi connectivity index (χ1v) is 9.57. The van der Waals surface area contributed by atoms with Crippen molar-refractivity contribution in [2.24, 2.45) is 0 Å². The summed E-state index contributed by atoms with van der Waals surface area (Å²) in [5.41, 5.74) is 0. The zero-order chi connectivity index (χ0) is 11.1. The van der Waals surface area contributed by atoms with Crippen molar-refractivity contribution in [3.63, 3.8) is 0 Å². The average Bonchev–Trinajstić information content (AvgIpc) is 1.96. The van der Waals surface area contributed by atoms with E-state index in [2.05, 4.69) is 61.0 Å². The van der Waals surface area contributed by atoms with E-state index in [1.54, 1.807) is 0 Å². The van der Waals surface area contributed by atoms with Crippen LogP contribution in [0.4, 0.5) is 0 Å². The van der Waals surface area contributed by atoms with E-state index in [0.29, 0.717) is 11.9 Å². The molecular weight excluding hydrogens is 305 g/mol. The molecule has 1 aliphatic rings. The van der Waals surface area contributed by atoms with Gasteiger partial charge in [0.1, 0.15) is 0 Å².